The molecule has 2 aliphatic rings. The fraction of sp³-hybridized carbons (Fsp3) is 0.619. The Morgan fingerprint density at radius 3 is 2.46 bits per heavy atom. The van der Waals surface area contributed by atoms with Crippen LogP contribution in [0.2, 0.25) is 0 Å². The lowest BCUT2D eigenvalue weighted by molar-refractivity contribution is -0.143. The van der Waals surface area contributed by atoms with Gasteiger partial charge >= 0.3 is 0 Å². The minimum atomic E-state index is 0.152. The molecule has 2 heterocycles. The first-order valence-corrected chi connectivity index (χ1v) is 9.97. The molecule has 2 fully saturated rings. The van der Waals surface area contributed by atoms with E-state index in [1.807, 2.05) is 28.0 Å². The molecule has 1 N–H and O–H groups in total. The molecule has 1 aromatic carbocycles. The maximum absolute atomic E-state index is 12.7. The SMILES string of the molecule is C[C@@H]1C[C@H](C(=O)N2CCN(C(=O)CCCc3ccccc3)CC2)CCN1. The molecule has 0 aromatic heterocycles. The standard InChI is InChI=1S/C21H31N3O2/c1-17-16-19(10-11-22-17)21(26)24-14-12-23(13-15-24)20(25)9-5-8-18-6-3-2-4-7-18/h2-4,6-7,17,19,22H,5,8-16H2,1H3/t17-,19-/m1/s1. The molecular formula is C21H31N3O2. The average molecular weight is 357 g/mol. The molecule has 2 aliphatic heterocycles. The van der Waals surface area contributed by atoms with E-state index in [0.717, 1.165) is 32.2 Å². The van der Waals surface area contributed by atoms with Crippen LogP contribution in [-0.2, 0) is 16.0 Å². The van der Waals surface area contributed by atoms with Gasteiger partial charge in [-0.15, -0.1) is 0 Å². The number of amides is 2. The summed E-state index contributed by atoms with van der Waals surface area (Å²) in [4.78, 5) is 29.0. The summed E-state index contributed by atoms with van der Waals surface area (Å²) in [7, 11) is 0. The van der Waals surface area contributed by atoms with Gasteiger partial charge in [-0.1, -0.05) is 30.3 Å². The van der Waals surface area contributed by atoms with Gasteiger partial charge in [0.05, 0.1) is 0 Å². The van der Waals surface area contributed by atoms with Gasteiger partial charge in [0.25, 0.3) is 0 Å². The van der Waals surface area contributed by atoms with E-state index in [1.54, 1.807) is 0 Å². The van der Waals surface area contributed by atoms with Gasteiger partial charge in [0, 0.05) is 44.6 Å². The molecule has 0 bridgehead atoms. The molecule has 142 valence electrons. The number of piperidine rings is 1. The molecule has 26 heavy (non-hydrogen) atoms. The van der Waals surface area contributed by atoms with Crippen molar-refractivity contribution < 1.29 is 9.59 Å². The minimum absolute atomic E-state index is 0.152. The average Bonchev–Trinajstić information content (AvgIpc) is 2.68. The second-order valence-electron chi connectivity index (χ2n) is 7.62. The second-order valence-corrected chi connectivity index (χ2v) is 7.62. The van der Waals surface area contributed by atoms with E-state index in [-0.39, 0.29) is 17.7 Å². The smallest absolute Gasteiger partial charge is 0.225 e. The monoisotopic (exact) mass is 357 g/mol. The van der Waals surface area contributed by atoms with Crippen molar-refractivity contribution >= 4 is 11.8 Å². The summed E-state index contributed by atoms with van der Waals surface area (Å²) in [6.45, 7) is 5.79. The fourth-order valence-electron chi connectivity index (χ4n) is 4.04. The van der Waals surface area contributed by atoms with Gasteiger partial charge in [0.1, 0.15) is 0 Å². The van der Waals surface area contributed by atoms with E-state index in [1.165, 1.54) is 5.56 Å². The van der Waals surface area contributed by atoms with Gasteiger partial charge in [-0.25, -0.2) is 0 Å². The molecule has 2 amide bonds. The summed E-state index contributed by atoms with van der Waals surface area (Å²) in [6.07, 6.45) is 4.28. The third-order valence-corrected chi connectivity index (χ3v) is 5.62. The summed E-state index contributed by atoms with van der Waals surface area (Å²) in [5, 5.41) is 3.40. The molecule has 0 aliphatic carbocycles. The maximum atomic E-state index is 12.7. The first-order valence-electron chi connectivity index (χ1n) is 9.97. The van der Waals surface area contributed by atoms with Crippen LogP contribution in [0.5, 0.6) is 0 Å². The molecule has 0 unspecified atom stereocenters. The Bertz CT molecular complexity index is 597. The number of nitrogens with zero attached hydrogens (tertiary/aromatic N) is 2. The van der Waals surface area contributed by atoms with Gasteiger partial charge in [-0.2, -0.15) is 0 Å². The van der Waals surface area contributed by atoms with E-state index in [4.69, 9.17) is 0 Å². The number of benzene rings is 1. The number of carbonyl (C=O) groups is 2. The van der Waals surface area contributed by atoms with Crippen molar-refractivity contribution in [1.82, 2.24) is 15.1 Å². The van der Waals surface area contributed by atoms with E-state index in [0.29, 0.717) is 38.6 Å². The second kappa shape index (κ2) is 9.17. The zero-order chi connectivity index (χ0) is 18.4. The van der Waals surface area contributed by atoms with Crippen molar-refractivity contribution in [2.24, 2.45) is 5.92 Å². The lowest BCUT2D eigenvalue weighted by Gasteiger charge is -2.38. The number of piperazine rings is 1. The van der Waals surface area contributed by atoms with E-state index >= 15 is 0 Å². The Labute approximate surface area is 156 Å². The summed E-state index contributed by atoms with van der Waals surface area (Å²) in [5.41, 5.74) is 1.28. The van der Waals surface area contributed by atoms with Crippen LogP contribution in [0.25, 0.3) is 0 Å². The van der Waals surface area contributed by atoms with Crippen LogP contribution in [0.1, 0.15) is 38.2 Å². The molecule has 2 saturated heterocycles. The quantitative estimate of drug-likeness (QED) is 0.878. The van der Waals surface area contributed by atoms with Crippen molar-refractivity contribution in [1.29, 1.82) is 0 Å². The van der Waals surface area contributed by atoms with Gasteiger partial charge in [0.15, 0.2) is 0 Å². The first kappa shape index (κ1) is 18.9. The van der Waals surface area contributed by atoms with Crippen molar-refractivity contribution in [2.75, 3.05) is 32.7 Å². The largest absolute Gasteiger partial charge is 0.339 e. The topological polar surface area (TPSA) is 52.7 Å². The fourth-order valence-corrected chi connectivity index (χ4v) is 4.04. The molecule has 3 rings (SSSR count). The summed E-state index contributed by atoms with van der Waals surface area (Å²) in [6, 6.07) is 10.7. The zero-order valence-electron chi connectivity index (χ0n) is 15.8. The number of carbonyl (C=O) groups excluding carboxylic acids is 2. The van der Waals surface area contributed by atoms with Crippen LogP contribution in [-0.4, -0.2) is 60.4 Å². The highest BCUT2D eigenvalue weighted by atomic mass is 16.2. The van der Waals surface area contributed by atoms with Crippen LogP contribution in [0.4, 0.5) is 0 Å². The number of hydrogen-bond donors (Lipinski definition) is 1. The van der Waals surface area contributed by atoms with Crippen LogP contribution < -0.4 is 5.32 Å². The highest BCUT2D eigenvalue weighted by Gasteiger charge is 2.31. The highest BCUT2D eigenvalue weighted by Crippen LogP contribution is 2.20. The Hall–Kier alpha value is -1.88. The molecule has 0 spiro atoms. The van der Waals surface area contributed by atoms with Crippen molar-refractivity contribution in [3.8, 4) is 0 Å². The van der Waals surface area contributed by atoms with E-state index in [9.17, 15) is 9.59 Å². The zero-order valence-corrected chi connectivity index (χ0v) is 15.8. The Morgan fingerprint density at radius 2 is 1.77 bits per heavy atom. The Morgan fingerprint density at radius 1 is 1.08 bits per heavy atom. The summed E-state index contributed by atoms with van der Waals surface area (Å²) < 4.78 is 0. The molecule has 2 atom stereocenters. The summed E-state index contributed by atoms with van der Waals surface area (Å²) in [5.74, 6) is 0.664. The number of hydrogen-bond acceptors (Lipinski definition) is 3. The Kier molecular flexibility index (Phi) is 6.67. The number of rotatable bonds is 5. The molecular weight excluding hydrogens is 326 g/mol. The lowest BCUT2D eigenvalue weighted by Crippen LogP contribution is -2.53. The molecule has 1 aromatic rings. The molecule has 5 nitrogen and oxygen atoms in total. The molecule has 5 heteroatoms. The van der Waals surface area contributed by atoms with E-state index in [2.05, 4.69) is 24.4 Å². The highest BCUT2D eigenvalue weighted by molar-refractivity contribution is 5.80. The summed E-state index contributed by atoms with van der Waals surface area (Å²) >= 11 is 0. The minimum Gasteiger partial charge on any atom is -0.339 e. The Balaban J connectivity index is 1.38. The molecule has 0 radical (unpaired) electrons. The number of aryl methyl sites for hydroxylation is 1. The first-order chi connectivity index (χ1) is 12.6. The van der Waals surface area contributed by atoms with Gasteiger partial charge in [-0.3, -0.25) is 9.59 Å². The van der Waals surface area contributed by atoms with Gasteiger partial charge < -0.3 is 15.1 Å². The number of nitrogens with one attached hydrogen (secondary N) is 1. The van der Waals surface area contributed by atoms with Crippen LogP contribution >= 0.6 is 0 Å². The normalized spacial score (nSPS) is 23.7. The van der Waals surface area contributed by atoms with Gasteiger partial charge in [0.2, 0.25) is 11.8 Å². The van der Waals surface area contributed by atoms with Gasteiger partial charge in [-0.05, 0) is 44.7 Å². The predicted molar refractivity (Wildman–Crippen MR) is 103 cm³/mol. The van der Waals surface area contributed by atoms with Crippen LogP contribution in [0.3, 0.4) is 0 Å². The third-order valence-electron chi connectivity index (χ3n) is 5.62. The maximum Gasteiger partial charge on any atom is 0.225 e. The van der Waals surface area contributed by atoms with Crippen LogP contribution in [0.15, 0.2) is 30.3 Å². The van der Waals surface area contributed by atoms with Crippen molar-refractivity contribution in [3.05, 3.63) is 35.9 Å². The van der Waals surface area contributed by atoms with Crippen molar-refractivity contribution in [2.45, 2.75) is 45.1 Å². The van der Waals surface area contributed by atoms with E-state index < -0.39 is 0 Å². The lowest BCUT2D eigenvalue weighted by atomic mass is 9.92. The molecule has 0 saturated carbocycles. The predicted octanol–water partition coefficient (Wildman–Crippen LogP) is 2.07. The third kappa shape index (κ3) is 5.07. The van der Waals surface area contributed by atoms with Crippen LogP contribution in [0, 0.1) is 5.92 Å². The van der Waals surface area contributed by atoms with Crippen molar-refractivity contribution in [3.63, 3.8) is 0 Å².